The van der Waals surface area contributed by atoms with Gasteiger partial charge in [-0.15, -0.1) is 0 Å². The van der Waals surface area contributed by atoms with Crippen molar-refractivity contribution < 1.29 is 10.2 Å². The van der Waals surface area contributed by atoms with Gasteiger partial charge in [0.15, 0.2) is 0 Å². The molecule has 4 aromatic carbocycles. The van der Waals surface area contributed by atoms with Crippen LogP contribution in [0, 0.1) is 13.8 Å². The number of hydrogen-bond donors (Lipinski definition) is 2. The molecular weight excluding hydrogens is 356 g/mol. The maximum absolute atomic E-state index is 10.7. The van der Waals surface area contributed by atoms with E-state index in [0.717, 1.165) is 27.8 Å². The lowest BCUT2D eigenvalue weighted by Gasteiger charge is -2.30. The lowest BCUT2D eigenvalue weighted by molar-refractivity contribution is 0.469. The summed E-state index contributed by atoms with van der Waals surface area (Å²) < 4.78 is 0. The van der Waals surface area contributed by atoms with E-state index in [1.165, 1.54) is 27.8 Å². The third-order valence-corrected chi connectivity index (χ3v) is 6.72. The first-order valence-corrected chi connectivity index (χ1v) is 9.91. The maximum Gasteiger partial charge on any atom is 0.119 e. The van der Waals surface area contributed by atoms with Gasteiger partial charge in [0.05, 0.1) is 5.41 Å². The van der Waals surface area contributed by atoms with E-state index < -0.39 is 5.41 Å². The summed E-state index contributed by atoms with van der Waals surface area (Å²) in [6.45, 7) is 3.89. The number of benzene rings is 4. The van der Waals surface area contributed by atoms with E-state index in [1.54, 1.807) is 0 Å². The van der Waals surface area contributed by atoms with Crippen LogP contribution in [-0.2, 0) is 5.41 Å². The molecule has 2 aliphatic carbocycles. The number of phenols is 2. The van der Waals surface area contributed by atoms with Gasteiger partial charge in [0, 0.05) is 0 Å². The van der Waals surface area contributed by atoms with E-state index in [9.17, 15) is 10.2 Å². The molecular formula is C27H20O2. The molecule has 0 radical (unpaired) electrons. The van der Waals surface area contributed by atoms with Crippen LogP contribution in [0.4, 0.5) is 0 Å². The van der Waals surface area contributed by atoms with Gasteiger partial charge in [-0.3, -0.25) is 0 Å². The second-order valence-electron chi connectivity index (χ2n) is 8.21. The highest BCUT2D eigenvalue weighted by Crippen LogP contribution is 2.63. The van der Waals surface area contributed by atoms with Crippen molar-refractivity contribution in [3.8, 4) is 33.8 Å². The lowest BCUT2D eigenvalue weighted by Crippen LogP contribution is -2.26. The van der Waals surface area contributed by atoms with Crippen LogP contribution in [0.25, 0.3) is 22.3 Å². The zero-order valence-corrected chi connectivity index (χ0v) is 16.3. The summed E-state index contributed by atoms with van der Waals surface area (Å²) in [4.78, 5) is 0. The van der Waals surface area contributed by atoms with E-state index in [-0.39, 0.29) is 0 Å². The number of aromatic hydroxyl groups is 2. The number of fused-ring (bicyclic) bond motifs is 10. The van der Waals surface area contributed by atoms with Gasteiger partial charge < -0.3 is 10.2 Å². The van der Waals surface area contributed by atoms with Gasteiger partial charge in [-0.05, 0) is 87.7 Å². The fourth-order valence-electron chi connectivity index (χ4n) is 5.42. The lowest BCUT2D eigenvalue weighted by atomic mass is 9.70. The van der Waals surface area contributed by atoms with E-state index in [0.29, 0.717) is 11.5 Å². The van der Waals surface area contributed by atoms with Crippen molar-refractivity contribution in [2.75, 3.05) is 0 Å². The Kier molecular flexibility index (Phi) is 3.00. The quantitative estimate of drug-likeness (QED) is 0.338. The molecule has 0 aromatic heterocycles. The average molecular weight is 376 g/mol. The Balaban J connectivity index is 1.87. The predicted molar refractivity (Wildman–Crippen MR) is 116 cm³/mol. The van der Waals surface area contributed by atoms with Gasteiger partial charge in [-0.25, -0.2) is 0 Å². The fourth-order valence-corrected chi connectivity index (χ4v) is 5.42. The van der Waals surface area contributed by atoms with Crippen molar-refractivity contribution in [1.29, 1.82) is 0 Å². The largest absolute Gasteiger partial charge is 0.508 e. The summed E-state index contributed by atoms with van der Waals surface area (Å²) in [6, 6.07) is 25.0. The molecule has 0 heterocycles. The molecule has 0 bridgehead atoms. The molecule has 1 atom stereocenters. The zero-order chi connectivity index (χ0) is 19.9. The van der Waals surface area contributed by atoms with E-state index in [4.69, 9.17) is 0 Å². The molecule has 6 rings (SSSR count). The molecule has 2 heteroatoms. The Labute approximate surface area is 169 Å². The smallest absolute Gasteiger partial charge is 0.119 e. The van der Waals surface area contributed by atoms with Crippen molar-refractivity contribution in [2.45, 2.75) is 19.3 Å². The van der Waals surface area contributed by atoms with Crippen molar-refractivity contribution in [3.05, 3.63) is 106 Å². The normalized spacial score (nSPS) is 17.7. The molecule has 1 unspecified atom stereocenters. The number of aryl methyl sites for hydroxylation is 2. The molecule has 0 saturated heterocycles. The van der Waals surface area contributed by atoms with E-state index >= 15 is 0 Å². The molecule has 0 saturated carbocycles. The first-order valence-electron chi connectivity index (χ1n) is 9.91. The maximum atomic E-state index is 10.7. The fraction of sp³-hybridized carbons (Fsp3) is 0.111. The van der Waals surface area contributed by atoms with Gasteiger partial charge in [0.2, 0.25) is 0 Å². The van der Waals surface area contributed by atoms with Crippen LogP contribution in [-0.4, -0.2) is 10.2 Å². The SMILES string of the molecule is Cc1cc2c(cc1O)-c1ccccc1C21c2ccccc2-c2cc(C)c(O)cc21. The van der Waals surface area contributed by atoms with Gasteiger partial charge in [0.1, 0.15) is 11.5 Å². The van der Waals surface area contributed by atoms with Gasteiger partial charge >= 0.3 is 0 Å². The third-order valence-electron chi connectivity index (χ3n) is 6.72. The topological polar surface area (TPSA) is 40.5 Å². The summed E-state index contributed by atoms with van der Waals surface area (Å²) >= 11 is 0. The third kappa shape index (κ3) is 1.82. The average Bonchev–Trinajstić information content (AvgIpc) is 3.16. The highest BCUT2D eigenvalue weighted by molar-refractivity contribution is 5.95. The molecule has 0 amide bonds. The number of phenolic OH excluding ortho intramolecular Hbond substituents is 2. The molecule has 2 N–H and O–H groups in total. The minimum absolute atomic E-state index is 0.314. The Morgan fingerprint density at radius 2 is 1.00 bits per heavy atom. The van der Waals surface area contributed by atoms with Crippen LogP contribution in [0.3, 0.4) is 0 Å². The molecule has 4 aromatic rings. The summed E-state index contributed by atoms with van der Waals surface area (Å²) in [6.07, 6.45) is 0. The molecule has 0 aliphatic heterocycles. The molecule has 1 spiro atoms. The standard InChI is InChI=1S/C27H20O2/c1-15-11-19-17-7-3-5-9-21(17)27(24(19)14-26(15)29)22-10-6-4-8-18(22)20-13-25(28)16(2)12-23(20)27/h3-14,28-29H,1-2H3. The van der Waals surface area contributed by atoms with Crippen LogP contribution < -0.4 is 0 Å². The second kappa shape index (κ2) is 5.30. The monoisotopic (exact) mass is 376 g/mol. The Bertz CT molecular complexity index is 1240. The minimum Gasteiger partial charge on any atom is -0.508 e. The molecule has 0 fully saturated rings. The van der Waals surface area contributed by atoms with Gasteiger partial charge in [0.25, 0.3) is 0 Å². The highest BCUT2D eigenvalue weighted by Gasteiger charge is 2.52. The van der Waals surface area contributed by atoms with Gasteiger partial charge in [-0.2, -0.15) is 0 Å². The van der Waals surface area contributed by atoms with Crippen LogP contribution in [0.1, 0.15) is 33.4 Å². The van der Waals surface area contributed by atoms with Crippen molar-refractivity contribution in [2.24, 2.45) is 0 Å². The van der Waals surface area contributed by atoms with Crippen LogP contribution in [0.2, 0.25) is 0 Å². The van der Waals surface area contributed by atoms with Crippen LogP contribution >= 0.6 is 0 Å². The number of hydrogen-bond acceptors (Lipinski definition) is 2. The van der Waals surface area contributed by atoms with Crippen molar-refractivity contribution in [3.63, 3.8) is 0 Å². The molecule has 140 valence electrons. The molecule has 29 heavy (non-hydrogen) atoms. The number of rotatable bonds is 0. The van der Waals surface area contributed by atoms with Crippen molar-refractivity contribution in [1.82, 2.24) is 0 Å². The second-order valence-corrected chi connectivity index (χ2v) is 8.21. The van der Waals surface area contributed by atoms with Crippen LogP contribution in [0.15, 0.2) is 72.8 Å². The first kappa shape index (κ1) is 16.4. The predicted octanol–water partition coefficient (Wildman–Crippen LogP) is 6.06. The van der Waals surface area contributed by atoms with Crippen LogP contribution in [0.5, 0.6) is 11.5 Å². The molecule has 2 nitrogen and oxygen atoms in total. The van der Waals surface area contributed by atoms with E-state index in [2.05, 4.69) is 54.6 Å². The first-order chi connectivity index (χ1) is 14.0. The summed E-state index contributed by atoms with van der Waals surface area (Å²) in [5, 5.41) is 21.1. The highest BCUT2D eigenvalue weighted by atomic mass is 16.3. The Morgan fingerprint density at radius 3 is 1.66 bits per heavy atom. The zero-order valence-electron chi connectivity index (χ0n) is 16.3. The Hall–Kier alpha value is -3.52. The summed E-state index contributed by atoms with van der Waals surface area (Å²) in [5.41, 5.74) is 10.5. The Morgan fingerprint density at radius 1 is 0.517 bits per heavy atom. The van der Waals surface area contributed by atoms with Crippen molar-refractivity contribution >= 4 is 0 Å². The summed E-state index contributed by atoms with van der Waals surface area (Å²) in [5.74, 6) is 0.631. The molecule has 2 aliphatic rings. The van der Waals surface area contributed by atoms with Gasteiger partial charge in [-0.1, -0.05) is 54.6 Å². The minimum atomic E-state index is -0.485. The summed E-state index contributed by atoms with van der Waals surface area (Å²) in [7, 11) is 0. The van der Waals surface area contributed by atoms with E-state index in [1.807, 2.05) is 32.0 Å².